The van der Waals surface area contributed by atoms with Gasteiger partial charge in [0.1, 0.15) is 5.54 Å². The monoisotopic (exact) mass is 197 g/mol. The van der Waals surface area contributed by atoms with Gasteiger partial charge in [-0.1, -0.05) is 0 Å². The van der Waals surface area contributed by atoms with Gasteiger partial charge in [0.05, 0.1) is 5.41 Å². The van der Waals surface area contributed by atoms with Crippen molar-refractivity contribution in [1.29, 1.82) is 0 Å². The van der Waals surface area contributed by atoms with Gasteiger partial charge >= 0.3 is 11.9 Å². The minimum absolute atomic E-state index is 0.0195. The van der Waals surface area contributed by atoms with Crippen LogP contribution in [0, 0.1) is 23.2 Å². The maximum absolute atomic E-state index is 11.1. The third kappa shape index (κ3) is 0.507. The molecule has 0 aliphatic heterocycles. The molecule has 4 rings (SSSR count). The lowest BCUT2D eigenvalue weighted by molar-refractivity contribution is -0.145. The molecule has 5 atom stereocenters. The summed E-state index contributed by atoms with van der Waals surface area (Å²) in [6, 6.07) is 0. The van der Waals surface area contributed by atoms with Crippen molar-refractivity contribution in [2.75, 3.05) is 0 Å². The van der Waals surface area contributed by atoms with E-state index in [0.29, 0.717) is 12.8 Å². The first-order valence-corrected chi connectivity index (χ1v) is 4.71. The van der Waals surface area contributed by atoms with Crippen LogP contribution in [0.3, 0.4) is 0 Å². The van der Waals surface area contributed by atoms with Crippen molar-refractivity contribution in [3.05, 3.63) is 0 Å². The van der Waals surface area contributed by atoms with Crippen LogP contribution >= 0.6 is 0 Å². The van der Waals surface area contributed by atoms with E-state index < -0.39 is 22.9 Å². The Morgan fingerprint density at radius 3 is 2.21 bits per heavy atom. The molecular formula is C9H11NO4. The van der Waals surface area contributed by atoms with Crippen molar-refractivity contribution in [3.8, 4) is 0 Å². The van der Waals surface area contributed by atoms with Crippen molar-refractivity contribution in [2.45, 2.75) is 18.4 Å². The average molecular weight is 197 g/mol. The van der Waals surface area contributed by atoms with Crippen LogP contribution in [0.4, 0.5) is 0 Å². The van der Waals surface area contributed by atoms with E-state index in [1.807, 2.05) is 0 Å². The minimum atomic E-state index is -1.26. The van der Waals surface area contributed by atoms with Crippen molar-refractivity contribution in [2.24, 2.45) is 28.9 Å². The molecule has 0 heterocycles. The molecule has 0 radical (unpaired) electrons. The Labute approximate surface area is 79.9 Å². The number of nitrogens with two attached hydrogens (primary N) is 1. The second kappa shape index (κ2) is 1.82. The summed E-state index contributed by atoms with van der Waals surface area (Å²) < 4.78 is 0. The summed E-state index contributed by atoms with van der Waals surface area (Å²) >= 11 is 0. The van der Waals surface area contributed by atoms with Crippen LogP contribution in [0.25, 0.3) is 0 Å². The Bertz CT molecular complexity index is 368. The predicted octanol–water partition coefficient (Wildman–Crippen LogP) is -0.491. The molecule has 5 heteroatoms. The molecule has 0 aromatic rings. The summed E-state index contributed by atoms with van der Waals surface area (Å²) in [5, 5.41) is 18.1. The molecule has 0 aromatic carbocycles. The molecule has 5 nitrogen and oxygen atoms in total. The fourth-order valence-electron chi connectivity index (χ4n) is 4.00. The fraction of sp³-hybridized carbons (Fsp3) is 0.778. The molecular weight excluding hydrogens is 186 g/mol. The van der Waals surface area contributed by atoms with E-state index in [2.05, 4.69) is 0 Å². The number of rotatable bonds is 2. The zero-order valence-electron chi connectivity index (χ0n) is 7.43. The van der Waals surface area contributed by atoms with Gasteiger partial charge in [-0.15, -0.1) is 0 Å². The van der Waals surface area contributed by atoms with Crippen molar-refractivity contribution in [3.63, 3.8) is 0 Å². The highest BCUT2D eigenvalue weighted by Crippen LogP contribution is 2.81. The molecule has 0 saturated heterocycles. The number of carbonyl (C=O) groups is 2. The van der Waals surface area contributed by atoms with Gasteiger partial charge < -0.3 is 15.9 Å². The second-order valence-electron chi connectivity index (χ2n) is 4.80. The van der Waals surface area contributed by atoms with E-state index in [1.54, 1.807) is 0 Å². The van der Waals surface area contributed by atoms with Crippen LogP contribution in [-0.4, -0.2) is 27.7 Å². The second-order valence-corrected chi connectivity index (χ2v) is 4.80. The van der Waals surface area contributed by atoms with Crippen LogP contribution in [0.5, 0.6) is 0 Å². The van der Waals surface area contributed by atoms with Gasteiger partial charge in [0.2, 0.25) is 0 Å². The summed E-state index contributed by atoms with van der Waals surface area (Å²) in [6.07, 6.45) is 1.14. The fourth-order valence-corrected chi connectivity index (χ4v) is 4.00. The largest absolute Gasteiger partial charge is 0.481 e. The standard InChI is InChI=1S/C9H11NO4/c10-9(7(13)14)3-1-4-5(9)8(4,2-3)6(11)12/h3-5H,1-2,10H2,(H,11,12)(H,13,14)/t3-,4+,5+,8-,9+/m1/s1. The van der Waals surface area contributed by atoms with Gasteiger partial charge in [0.15, 0.2) is 0 Å². The van der Waals surface area contributed by atoms with Gasteiger partial charge in [0, 0.05) is 5.92 Å². The number of hydrogen-bond donors (Lipinski definition) is 3. The molecule has 0 amide bonds. The minimum Gasteiger partial charge on any atom is -0.481 e. The molecule has 4 N–H and O–H groups in total. The van der Waals surface area contributed by atoms with Crippen LogP contribution in [-0.2, 0) is 9.59 Å². The van der Waals surface area contributed by atoms with E-state index in [-0.39, 0.29) is 17.8 Å². The molecule has 4 fully saturated rings. The zero-order valence-corrected chi connectivity index (χ0v) is 7.43. The first kappa shape index (κ1) is 8.23. The van der Waals surface area contributed by atoms with E-state index >= 15 is 0 Å². The number of carboxylic acid groups (broad SMARTS) is 2. The Kier molecular flexibility index (Phi) is 1.07. The third-order valence-corrected chi connectivity index (χ3v) is 4.59. The first-order valence-electron chi connectivity index (χ1n) is 4.71. The maximum Gasteiger partial charge on any atom is 0.324 e. The van der Waals surface area contributed by atoms with Gasteiger partial charge in [-0.3, -0.25) is 9.59 Å². The van der Waals surface area contributed by atoms with E-state index in [4.69, 9.17) is 15.9 Å². The molecule has 4 bridgehead atoms. The lowest BCUT2D eigenvalue weighted by atomic mass is 9.90. The van der Waals surface area contributed by atoms with Crippen LogP contribution in [0.2, 0.25) is 0 Å². The summed E-state index contributed by atoms with van der Waals surface area (Å²) in [7, 11) is 0. The van der Waals surface area contributed by atoms with Crippen LogP contribution in [0.15, 0.2) is 0 Å². The normalized spacial score (nSPS) is 57.4. The summed E-state index contributed by atoms with van der Waals surface area (Å²) in [5.74, 6) is -2.33. The van der Waals surface area contributed by atoms with Gasteiger partial charge in [0.25, 0.3) is 0 Å². The highest BCUT2D eigenvalue weighted by molar-refractivity contribution is 5.90. The van der Waals surface area contributed by atoms with Crippen LogP contribution in [0.1, 0.15) is 12.8 Å². The predicted molar refractivity (Wildman–Crippen MR) is 44.3 cm³/mol. The Balaban J connectivity index is 2.06. The SMILES string of the molecule is N[C@@]1(C(=O)O)[C@@H]2C[C@H]3[C@H]1[C@@]3(C(=O)O)C2. The molecule has 4 aliphatic carbocycles. The van der Waals surface area contributed by atoms with Gasteiger partial charge in [-0.2, -0.15) is 0 Å². The quantitative estimate of drug-likeness (QED) is 0.554. The number of carboxylic acids is 2. The summed E-state index contributed by atoms with van der Waals surface area (Å²) in [5.41, 5.74) is 3.79. The van der Waals surface area contributed by atoms with Crippen molar-refractivity contribution >= 4 is 11.9 Å². The molecule has 76 valence electrons. The number of hydrogen-bond acceptors (Lipinski definition) is 3. The Morgan fingerprint density at radius 2 is 1.93 bits per heavy atom. The van der Waals surface area contributed by atoms with Crippen molar-refractivity contribution in [1.82, 2.24) is 0 Å². The molecule has 0 unspecified atom stereocenters. The summed E-state index contributed by atoms with van der Waals surface area (Å²) in [4.78, 5) is 22.1. The molecule has 0 spiro atoms. The van der Waals surface area contributed by atoms with Gasteiger partial charge in [-0.05, 0) is 24.7 Å². The maximum atomic E-state index is 11.1. The van der Waals surface area contributed by atoms with Crippen LogP contribution < -0.4 is 5.73 Å². The zero-order chi connectivity index (χ0) is 10.3. The highest BCUT2D eigenvalue weighted by Gasteiger charge is 2.88. The molecule has 14 heavy (non-hydrogen) atoms. The molecule has 4 saturated carbocycles. The summed E-state index contributed by atoms with van der Waals surface area (Å²) in [6.45, 7) is 0. The Hall–Kier alpha value is -1.10. The van der Waals surface area contributed by atoms with E-state index in [0.717, 1.165) is 0 Å². The lowest BCUT2D eigenvalue weighted by Crippen LogP contribution is -2.51. The highest BCUT2D eigenvalue weighted by atomic mass is 16.4. The van der Waals surface area contributed by atoms with Crippen molar-refractivity contribution < 1.29 is 19.8 Å². The molecule has 0 aromatic heterocycles. The van der Waals surface area contributed by atoms with E-state index in [1.165, 1.54) is 0 Å². The topological polar surface area (TPSA) is 101 Å². The third-order valence-electron chi connectivity index (χ3n) is 4.59. The van der Waals surface area contributed by atoms with Gasteiger partial charge in [-0.25, -0.2) is 0 Å². The average Bonchev–Trinajstić information content (AvgIpc) is 2.45. The van der Waals surface area contributed by atoms with E-state index in [9.17, 15) is 9.59 Å². The molecule has 4 aliphatic rings. The lowest BCUT2D eigenvalue weighted by Gasteiger charge is -2.22. The number of aliphatic carboxylic acids is 2. The Morgan fingerprint density at radius 1 is 1.29 bits per heavy atom. The first-order chi connectivity index (χ1) is 6.45. The smallest absolute Gasteiger partial charge is 0.324 e.